The number of carbonyl (C=O) groups excluding carboxylic acids is 2. The number of hydrogen-bond acceptors (Lipinski definition) is 3. The van der Waals surface area contributed by atoms with Crippen LogP contribution in [-0.2, 0) is 11.3 Å². The maximum Gasteiger partial charge on any atom is 0.255 e. The van der Waals surface area contributed by atoms with E-state index in [9.17, 15) is 14.7 Å². The summed E-state index contributed by atoms with van der Waals surface area (Å²) < 4.78 is 0. The van der Waals surface area contributed by atoms with E-state index in [4.69, 9.17) is 0 Å². The lowest BCUT2D eigenvalue weighted by molar-refractivity contribution is -0.310. The summed E-state index contributed by atoms with van der Waals surface area (Å²) in [6.07, 6.45) is 0. The topological polar surface area (TPSA) is 60.4 Å². The number of benzene rings is 1. The fraction of sp³-hybridized carbons (Fsp3) is 0.273. The van der Waals surface area contributed by atoms with E-state index in [1.165, 1.54) is 11.8 Å². The Morgan fingerprint density at radius 1 is 1.47 bits per heavy atom. The van der Waals surface area contributed by atoms with Gasteiger partial charge >= 0.3 is 0 Å². The molecule has 0 bridgehead atoms. The van der Waals surface area contributed by atoms with Crippen LogP contribution >= 0.6 is 0 Å². The minimum absolute atomic E-state index is 0.234. The molecule has 0 aromatic heterocycles. The van der Waals surface area contributed by atoms with Gasteiger partial charge < -0.3 is 14.8 Å². The lowest BCUT2D eigenvalue weighted by atomic mass is 10.1. The maximum absolute atomic E-state index is 11.8. The summed E-state index contributed by atoms with van der Waals surface area (Å²) >= 11 is 0. The molecule has 0 unspecified atom stereocenters. The first kappa shape index (κ1) is 9.71. The Morgan fingerprint density at radius 3 is 2.73 bits per heavy atom. The van der Waals surface area contributed by atoms with Gasteiger partial charge in [0.25, 0.3) is 5.91 Å². The van der Waals surface area contributed by atoms with Crippen molar-refractivity contribution in [3.63, 3.8) is 0 Å². The molecular formula is C11H10NO3-. The van der Waals surface area contributed by atoms with Gasteiger partial charge in [0.1, 0.15) is 0 Å². The molecule has 15 heavy (non-hydrogen) atoms. The third kappa shape index (κ3) is 1.48. The molecule has 2 rings (SSSR count). The Labute approximate surface area is 87.1 Å². The van der Waals surface area contributed by atoms with Gasteiger partial charge in [-0.1, -0.05) is 18.2 Å². The van der Waals surface area contributed by atoms with Crippen LogP contribution in [0.5, 0.6) is 0 Å². The number of carboxylic acid groups (broad SMARTS) is 1. The molecule has 1 amide bonds. The second-order valence-electron chi connectivity index (χ2n) is 3.59. The Hall–Kier alpha value is -1.84. The fourth-order valence-electron chi connectivity index (χ4n) is 1.72. The number of hydrogen-bond donors (Lipinski definition) is 0. The predicted molar refractivity (Wildman–Crippen MR) is 50.8 cm³/mol. The third-order valence-corrected chi connectivity index (χ3v) is 2.66. The third-order valence-electron chi connectivity index (χ3n) is 2.66. The highest BCUT2D eigenvalue weighted by atomic mass is 16.4. The van der Waals surface area contributed by atoms with E-state index in [0.717, 1.165) is 5.56 Å². The number of rotatable bonds is 2. The zero-order valence-corrected chi connectivity index (χ0v) is 8.27. The molecule has 1 heterocycles. The molecule has 1 aromatic rings. The van der Waals surface area contributed by atoms with Gasteiger partial charge in [-0.3, -0.25) is 4.79 Å². The van der Waals surface area contributed by atoms with Gasteiger partial charge in [0, 0.05) is 12.1 Å². The Kier molecular flexibility index (Phi) is 2.19. The van der Waals surface area contributed by atoms with E-state index >= 15 is 0 Å². The molecule has 0 saturated carbocycles. The minimum Gasteiger partial charge on any atom is -0.548 e. The standard InChI is InChI=1S/C11H11NO3/c1-7(11(14)15)12-6-8-4-2-3-5-9(8)10(12)13/h2-5,7H,6H2,1H3,(H,14,15)/p-1/t7-/m1/s1. The van der Waals surface area contributed by atoms with Crippen LogP contribution in [0.3, 0.4) is 0 Å². The molecule has 1 aliphatic rings. The van der Waals surface area contributed by atoms with Crippen LogP contribution in [0.15, 0.2) is 24.3 Å². The van der Waals surface area contributed by atoms with E-state index in [1.807, 2.05) is 12.1 Å². The van der Waals surface area contributed by atoms with Gasteiger partial charge in [0.15, 0.2) is 0 Å². The number of carboxylic acids is 1. The molecule has 0 saturated heterocycles. The first-order valence-electron chi connectivity index (χ1n) is 4.71. The molecule has 0 N–H and O–H groups in total. The summed E-state index contributed by atoms with van der Waals surface area (Å²) in [5, 5.41) is 10.7. The van der Waals surface area contributed by atoms with Crippen molar-refractivity contribution in [2.75, 3.05) is 0 Å². The van der Waals surface area contributed by atoms with Crippen LogP contribution in [-0.4, -0.2) is 22.8 Å². The minimum atomic E-state index is -1.23. The molecule has 0 fully saturated rings. The first-order chi connectivity index (χ1) is 7.11. The molecule has 0 radical (unpaired) electrons. The van der Waals surface area contributed by atoms with Crippen LogP contribution in [0.1, 0.15) is 22.8 Å². The van der Waals surface area contributed by atoms with Crippen LogP contribution < -0.4 is 5.11 Å². The van der Waals surface area contributed by atoms with Crippen molar-refractivity contribution < 1.29 is 14.7 Å². The van der Waals surface area contributed by atoms with E-state index in [1.54, 1.807) is 12.1 Å². The molecule has 4 nitrogen and oxygen atoms in total. The van der Waals surface area contributed by atoms with Gasteiger partial charge in [-0.2, -0.15) is 0 Å². The van der Waals surface area contributed by atoms with Crippen LogP contribution in [0.25, 0.3) is 0 Å². The molecule has 0 aliphatic carbocycles. The van der Waals surface area contributed by atoms with Crippen LogP contribution in [0.4, 0.5) is 0 Å². The quantitative estimate of drug-likeness (QED) is 0.669. The summed E-state index contributed by atoms with van der Waals surface area (Å²) in [5.74, 6) is -1.46. The lowest BCUT2D eigenvalue weighted by Crippen LogP contribution is -2.46. The van der Waals surface area contributed by atoms with E-state index in [0.29, 0.717) is 12.1 Å². The van der Waals surface area contributed by atoms with Gasteiger partial charge in [-0.25, -0.2) is 0 Å². The lowest BCUT2D eigenvalue weighted by Gasteiger charge is -2.24. The van der Waals surface area contributed by atoms with Crippen molar-refractivity contribution in [1.82, 2.24) is 4.90 Å². The summed E-state index contributed by atoms with van der Waals surface area (Å²) in [5.41, 5.74) is 1.46. The average Bonchev–Trinajstić information content (AvgIpc) is 2.56. The number of carbonyl (C=O) groups is 2. The van der Waals surface area contributed by atoms with Crippen LogP contribution in [0, 0.1) is 0 Å². The number of nitrogens with zero attached hydrogens (tertiary/aromatic N) is 1. The monoisotopic (exact) mass is 204 g/mol. The maximum atomic E-state index is 11.8. The second-order valence-corrected chi connectivity index (χ2v) is 3.59. The van der Waals surface area contributed by atoms with E-state index in [-0.39, 0.29) is 5.91 Å². The number of fused-ring (bicyclic) bond motifs is 1. The van der Waals surface area contributed by atoms with Gasteiger partial charge in [0.2, 0.25) is 0 Å². The molecular weight excluding hydrogens is 194 g/mol. The SMILES string of the molecule is C[C@H](C(=O)[O-])N1Cc2ccccc2C1=O. The molecule has 1 aliphatic heterocycles. The molecule has 0 spiro atoms. The Balaban J connectivity index is 2.31. The van der Waals surface area contributed by atoms with Crippen molar-refractivity contribution in [3.05, 3.63) is 35.4 Å². The Bertz CT molecular complexity index is 428. The average molecular weight is 204 g/mol. The highest BCUT2D eigenvalue weighted by Gasteiger charge is 2.30. The summed E-state index contributed by atoms with van der Waals surface area (Å²) in [4.78, 5) is 23.8. The Morgan fingerprint density at radius 2 is 2.13 bits per heavy atom. The normalized spacial score (nSPS) is 16.3. The molecule has 1 atom stereocenters. The van der Waals surface area contributed by atoms with E-state index < -0.39 is 12.0 Å². The predicted octanol–water partition coefficient (Wildman–Crippen LogP) is -0.219. The van der Waals surface area contributed by atoms with Crippen molar-refractivity contribution in [1.29, 1.82) is 0 Å². The fourth-order valence-corrected chi connectivity index (χ4v) is 1.72. The smallest absolute Gasteiger partial charge is 0.255 e. The highest BCUT2D eigenvalue weighted by molar-refractivity contribution is 6.00. The largest absolute Gasteiger partial charge is 0.548 e. The highest BCUT2D eigenvalue weighted by Crippen LogP contribution is 2.23. The van der Waals surface area contributed by atoms with E-state index in [2.05, 4.69) is 0 Å². The van der Waals surface area contributed by atoms with Crippen molar-refractivity contribution in [3.8, 4) is 0 Å². The molecule has 1 aromatic carbocycles. The summed E-state index contributed by atoms with van der Waals surface area (Å²) in [6, 6.07) is 6.25. The second kappa shape index (κ2) is 3.38. The van der Waals surface area contributed by atoms with Crippen molar-refractivity contribution in [2.24, 2.45) is 0 Å². The summed E-state index contributed by atoms with van der Waals surface area (Å²) in [6.45, 7) is 1.81. The molecule has 4 heteroatoms. The zero-order chi connectivity index (χ0) is 11.0. The first-order valence-corrected chi connectivity index (χ1v) is 4.71. The summed E-state index contributed by atoms with van der Waals surface area (Å²) in [7, 11) is 0. The van der Waals surface area contributed by atoms with Crippen molar-refractivity contribution in [2.45, 2.75) is 19.5 Å². The zero-order valence-electron chi connectivity index (χ0n) is 8.27. The molecule has 78 valence electrons. The number of aliphatic carboxylic acids is 1. The van der Waals surface area contributed by atoms with Crippen LogP contribution in [0.2, 0.25) is 0 Å². The van der Waals surface area contributed by atoms with Gasteiger partial charge in [-0.15, -0.1) is 0 Å². The van der Waals surface area contributed by atoms with Crippen molar-refractivity contribution >= 4 is 11.9 Å². The van der Waals surface area contributed by atoms with Gasteiger partial charge in [-0.05, 0) is 18.6 Å². The number of amides is 1. The van der Waals surface area contributed by atoms with Gasteiger partial charge in [0.05, 0.1) is 12.0 Å².